The third kappa shape index (κ3) is 6.14. The molecule has 2 aliphatic rings. The van der Waals surface area contributed by atoms with Crippen molar-refractivity contribution in [3.05, 3.63) is 54.5 Å². The number of likely N-dealkylation sites (tertiary alicyclic amines) is 1. The molecule has 0 amide bonds. The van der Waals surface area contributed by atoms with Gasteiger partial charge in [-0.15, -0.1) is 0 Å². The number of carboxylic acid groups (broad SMARTS) is 1. The zero-order valence-electron chi connectivity index (χ0n) is 16.1. The molecule has 0 aliphatic carbocycles. The molecule has 2 atom stereocenters. The van der Waals surface area contributed by atoms with Crippen LogP contribution in [0.2, 0.25) is 0 Å². The van der Waals surface area contributed by atoms with Crippen molar-refractivity contribution in [3.63, 3.8) is 0 Å². The van der Waals surface area contributed by atoms with E-state index < -0.39 is 12.1 Å². The zero-order chi connectivity index (χ0) is 21.6. The van der Waals surface area contributed by atoms with Crippen molar-refractivity contribution in [2.24, 2.45) is 0 Å². The fraction of sp³-hybridized carbons (Fsp3) is 0.450. The number of hydrogen-bond donors (Lipinski definition) is 1. The van der Waals surface area contributed by atoms with Gasteiger partial charge in [0.1, 0.15) is 6.10 Å². The van der Waals surface area contributed by atoms with Crippen molar-refractivity contribution < 1.29 is 32.5 Å². The van der Waals surface area contributed by atoms with Crippen LogP contribution < -0.4 is 4.74 Å². The van der Waals surface area contributed by atoms with Crippen molar-refractivity contribution in [3.8, 4) is 5.88 Å². The second-order valence-corrected chi connectivity index (χ2v) is 7.19. The molecule has 1 N–H and O–H groups in total. The van der Waals surface area contributed by atoms with Crippen LogP contribution >= 0.6 is 0 Å². The summed E-state index contributed by atoms with van der Waals surface area (Å²) in [5.74, 6) is -2.08. The summed E-state index contributed by atoms with van der Waals surface area (Å²) in [5, 5.41) is 7.12. The molecule has 2 saturated heterocycles. The predicted octanol–water partition coefficient (Wildman–Crippen LogP) is 2.92. The minimum atomic E-state index is -5.08. The number of aliphatic carboxylic acids is 1. The molecule has 30 heavy (non-hydrogen) atoms. The molecule has 7 nitrogen and oxygen atoms in total. The van der Waals surface area contributed by atoms with Crippen LogP contribution in [0.15, 0.2) is 48.8 Å². The first kappa shape index (κ1) is 22.0. The second-order valence-electron chi connectivity index (χ2n) is 7.19. The van der Waals surface area contributed by atoms with Crippen molar-refractivity contribution in [2.45, 2.75) is 37.3 Å². The molecule has 4 heterocycles. The third-order valence-electron chi connectivity index (χ3n) is 4.85. The molecule has 0 unspecified atom stereocenters. The third-order valence-corrected chi connectivity index (χ3v) is 4.85. The van der Waals surface area contributed by atoms with Crippen LogP contribution in [0.4, 0.5) is 13.2 Å². The molecule has 0 bridgehead atoms. The Bertz CT molecular complexity index is 764. The van der Waals surface area contributed by atoms with E-state index in [-0.39, 0.29) is 11.7 Å². The largest absolute Gasteiger partial charge is 0.490 e. The summed E-state index contributed by atoms with van der Waals surface area (Å²) in [5.41, 5.74) is 1.05. The van der Waals surface area contributed by atoms with Gasteiger partial charge in [-0.1, -0.05) is 12.1 Å². The maximum atomic E-state index is 10.6. The fourth-order valence-electron chi connectivity index (χ4n) is 3.53. The summed E-state index contributed by atoms with van der Waals surface area (Å²) in [6.45, 7) is 3.53. The molecule has 162 valence electrons. The number of pyridine rings is 2. The number of nitrogens with zero attached hydrogens (tertiary/aromatic N) is 3. The Morgan fingerprint density at radius 2 is 1.93 bits per heavy atom. The molecular weight excluding hydrogens is 403 g/mol. The Morgan fingerprint density at radius 1 is 1.23 bits per heavy atom. The second kappa shape index (κ2) is 9.40. The topological polar surface area (TPSA) is 84.8 Å². The molecule has 0 radical (unpaired) electrons. The van der Waals surface area contributed by atoms with Crippen molar-refractivity contribution in [2.75, 3.05) is 19.7 Å². The van der Waals surface area contributed by atoms with Gasteiger partial charge in [-0.25, -0.2) is 9.78 Å². The molecule has 1 spiro atoms. The lowest BCUT2D eigenvalue weighted by atomic mass is 9.98. The van der Waals surface area contributed by atoms with E-state index in [1.54, 1.807) is 6.20 Å². The lowest BCUT2D eigenvalue weighted by Gasteiger charge is -2.23. The SMILES string of the molecule is O=C(O)C(F)(F)F.c1ccc(CN2CC[C@]3(C[C@H](Oc4ccccn4)CO3)C2)nc1. The maximum Gasteiger partial charge on any atom is 0.490 e. The number of carboxylic acids is 1. The monoisotopic (exact) mass is 425 g/mol. The van der Waals surface area contributed by atoms with Crippen LogP contribution in [0.3, 0.4) is 0 Å². The van der Waals surface area contributed by atoms with E-state index in [1.165, 1.54) is 0 Å². The Hall–Kier alpha value is -2.72. The normalized spacial score (nSPS) is 23.8. The molecule has 0 aromatic carbocycles. The van der Waals surface area contributed by atoms with Gasteiger partial charge >= 0.3 is 12.1 Å². The molecule has 4 rings (SSSR count). The highest BCUT2D eigenvalue weighted by atomic mass is 19.4. The van der Waals surface area contributed by atoms with E-state index >= 15 is 0 Å². The van der Waals surface area contributed by atoms with Crippen molar-refractivity contribution in [1.82, 2.24) is 14.9 Å². The smallest absolute Gasteiger partial charge is 0.475 e. The van der Waals surface area contributed by atoms with Crippen LogP contribution in [0.25, 0.3) is 0 Å². The van der Waals surface area contributed by atoms with Gasteiger partial charge in [0.05, 0.1) is 17.9 Å². The van der Waals surface area contributed by atoms with Crippen LogP contribution in [-0.2, 0) is 16.1 Å². The first-order valence-corrected chi connectivity index (χ1v) is 9.40. The minimum Gasteiger partial charge on any atom is -0.475 e. The number of halogens is 3. The van der Waals surface area contributed by atoms with Crippen LogP contribution in [-0.4, -0.2) is 63.5 Å². The van der Waals surface area contributed by atoms with Gasteiger partial charge in [-0.05, 0) is 24.6 Å². The average Bonchev–Trinajstić information content (AvgIpc) is 3.29. The molecule has 2 aromatic heterocycles. The van der Waals surface area contributed by atoms with Gasteiger partial charge in [-0.3, -0.25) is 9.88 Å². The summed E-state index contributed by atoms with van der Waals surface area (Å²) >= 11 is 0. The lowest BCUT2D eigenvalue weighted by Crippen LogP contribution is -2.33. The first-order valence-electron chi connectivity index (χ1n) is 9.40. The van der Waals surface area contributed by atoms with Gasteiger partial charge in [-0.2, -0.15) is 13.2 Å². The lowest BCUT2D eigenvalue weighted by molar-refractivity contribution is -0.192. The van der Waals surface area contributed by atoms with Crippen molar-refractivity contribution >= 4 is 5.97 Å². The predicted molar refractivity (Wildman–Crippen MR) is 99.8 cm³/mol. The Morgan fingerprint density at radius 3 is 2.53 bits per heavy atom. The Kier molecular flexibility index (Phi) is 6.88. The Balaban J connectivity index is 0.000000318. The highest BCUT2D eigenvalue weighted by Crippen LogP contribution is 2.36. The standard InChI is InChI=1S/C18H21N3O2.C2HF3O2/c1-3-8-19-15(5-1)12-21-10-7-18(14-21)11-16(13-22-18)23-17-6-2-4-9-20-17;3-2(4,5)1(6)7/h1-6,8-9,16H,7,10-14H2;(H,6,7)/t16-,18-;/m0./s1. The quantitative estimate of drug-likeness (QED) is 0.806. The molecular formula is C20H22F3N3O4. The average molecular weight is 425 g/mol. The van der Waals surface area contributed by atoms with E-state index in [0.717, 1.165) is 38.2 Å². The van der Waals surface area contributed by atoms with Crippen LogP contribution in [0, 0.1) is 0 Å². The molecule has 10 heteroatoms. The summed E-state index contributed by atoms with van der Waals surface area (Å²) in [4.78, 5) is 20.0. The van der Waals surface area contributed by atoms with Gasteiger partial charge in [0.25, 0.3) is 0 Å². The molecule has 0 saturated carbocycles. The van der Waals surface area contributed by atoms with Crippen molar-refractivity contribution in [1.29, 1.82) is 0 Å². The van der Waals surface area contributed by atoms with Gasteiger partial charge in [0.2, 0.25) is 5.88 Å². The molecule has 2 fully saturated rings. The Labute approximate surface area is 171 Å². The number of ether oxygens (including phenoxy) is 2. The number of carbonyl (C=O) groups is 1. The summed E-state index contributed by atoms with van der Waals surface area (Å²) in [6.07, 6.45) is 0.610. The highest BCUT2D eigenvalue weighted by Gasteiger charge is 2.46. The molecule has 2 aromatic rings. The van der Waals surface area contributed by atoms with E-state index in [2.05, 4.69) is 20.9 Å². The summed E-state index contributed by atoms with van der Waals surface area (Å²) in [7, 11) is 0. The van der Waals surface area contributed by atoms with E-state index in [1.807, 2.05) is 36.5 Å². The number of hydrogen-bond acceptors (Lipinski definition) is 6. The molecule has 2 aliphatic heterocycles. The summed E-state index contributed by atoms with van der Waals surface area (Å²) < 4.78 is 43.8. The minimum absolute atomic E-state index is 0.0613. The van der Waals surface area contributed by atoms with E-state index in [0.29, 0.717) is 12.5 Å². The number of alkyl halides is 3. The fourth-order valence-corrected chi connectivity index (χ4v) is 3.53. The first-order chi connectivity index (χ1) is 14.3. The highest BCUT2D eigenvalue weighted by molar-refractivity contribution is 5.73. The van der Waals surface area contributed by atoms with Crippen LogP contribution in [0.1, 0.15) is 18.5 Å². The van der Waals surface area contributed by atoms with Gasteiger partial charge in [0.15, 0.2) is 0 Å². The van der Waals surface area contributed by atoms with Gasteiger partial charge < -0.3 is 14.6 Å². The maximum absolute atomic E-state index is 10.6. The summed E-state index contributed by atoms with van der Waals surface area (Å²) in [6, 6.07) is 11.8. The van der Waals surface area contributed by atoms with Gasteiger partial charge in [0, 0.05) is 44.5 Å². The zero-order valence-corrected chi connectivity index (χ0v) is 16.1. The number of aromatic nitrogens is 2. The van der Waals surface area contributed by atoms with E-state index in [4.69, 9.17) is 19.4 Å². The van der Waals surface area contributed by atoms with Crippen LogP contribution in [0.5, 0.6) is 5.88 Å². The number of rotatable bonds is 4. The van der Waals surface area contributed by atoms with E-state index in [9.17, 15) is 13.2 Å².